The van der Waals surface area contributed by atoms with Crippen LogP contribution in [0.4, 0.5) is 4.39 Å². The number of aryl methyl sites for hydroxylation is 1. The molecule has 0 unspecified atom stereocenters. The minimum atomic E-state index is -0.412. The third-order valence-electron chi connectivity index (χ3n) is 4.64. The Morgan fingerprint density at radius 2 is 2.33 bits per heavy atom. The fourth-order valence-electron chi connectivity index (χ4n) is 3.61. The van der Waals surface area contributed by atoms with Crippen LogP contribution in [-0.2, 0) is 18.3 Å². The summed E-state index contributed by atoms with van der Waals surface area (Å²) >= 11 is 0. The standard InChI is InChI=1S/C17H21FN4O2/c1-21-9-13(8-20-21)10-22-11-17(12-22)7-14(4-6-23-17)24-16-15(18)3-2-5-19-16/h2-3,5,8-9,14H,4,6-7,10-12H2,1H3/t14-/m1/s1. The summed E-state index contributed by atoms with van der Waals surface area (Å²) in [5.41, 5.74) is 1.03. The lowest BCUT2D eigenvalue weighted by Gasteiger charge is -2.53. The molecule has 4 rings (SSSR count). The van der Waals surface area contributed by atoms with Crippen LogP contribution in [0.5, 0.6) is 5.88 Å². The number of pyridine rings is 1. The van der Waals surface area contributed by atoms with Crippen molar-refractivity contribution in [3.63, 3.8) is 0 Å². The zero-order valence-corrected chi connectivity index (χ0v) is 13.7. The molecule has 0 bridgehead atoms. The molecule has 6 nitrogen and oxygen atoms in total. The van der Waals surface area contributed by atoms with Crippen LogP contribution >= 0.6 is 0 Å². The molecule has 1 atom stereocenters. The Hall–Kier alpha value is -1.99. The summed E-state index contributed by atoms with van der Waals surface area (Å²) in [5.74, 6) is -0.323. The highest BCUT2D eigenvalue weighted by molar-refractivity contribution is 5.14. The summed E-state index contributed by atoms with van der Waals surface area (Å²) in [5, 5.41) is 4.20. The SMILES string of the molecule is Cn1cc(CN2CC3(C[C@H](Oc4ncccc4F)CCO3)C2)cn1. The van der Waals surface area contributed by atoms with Gasteiger partial charge in [0.1, 0.15) is 6.10 Å². The second-order valence-corrected chi connectivity index (χ2v) is 6.72. The maximum absolute atomic E-state index is 13.7. The number of likely N-dealkylation sites (tertiary alicyclic amines) is 1. The van der Waals surface area contributed by atoms with Crippen LogP contribution in [0.25, 0.3) is 0 Å². The number of hydrogen-bond acceptors (Lipinski definition) is 5. The molecular weight excluding hydrogens is 311 g/mol. The van der Waals surface area contributed by atoms with E-state index in [4.69, 9.17) is 9.47 Å². The Labute approximate surface area is 140 Å². The average molecular weight is 332 g/mol. The van der Waals surface area contributed by atoms with Crippen LogP contribution in [0.15, 0.2) is 30.7 Å². The Balaban J connectivity index is 1.33. The molecule has 0 aromatic carbocycles. The molecule has 7 heteroatoms. The molecule has 128 valence electrons. The summed E-state index contributed by atoms with van der Waals surface area (Å²) in [4.78, 5) is 6.31. The van der Waals surface area contributed by atoms with Gasteiger partial charge in [-0.05, 0) is 12.1 Å². The van der Waals surface area contributed by atoms with Crippen LogP contribution < -0.4 is 4.74 Å². The van der Waals surface area contributed by atoms with Gasteiger partial charge < -0.3 is 9.47 Å². The summed E-state index contributed by atoms with van der Waals surface area (Å²) < 4.78 is 27.3. The predicted octanol–water partition coefficient (Wildman–Crippen LogP) is 1.77. The summed E-state index contributed by atoms with van der Waals surface area (Å²) in [6, 6.07) is 2.94. The summed E-state index contributed by atoms with van der Waals surface area (Å²) in [6.45, 7) is 3.25. The average Bonchev–Trinajstić information content (AvgIpc) is 2.94. The summed E-state index contributed by atoms with van der Waals surface area (Å²) in [6.07, 6.45) is 6.95. The third-order valence-corrected chi connectivity index (χ3v) is 4.64. The molecular formula is C17H21FN4O2. The fourth-order valence-corrected chi connectivity index (χ4v) is 3.61. The number of rotatable bonds is 4. The molecule has 2 aliphatic rings. The van der Waals surface area contributed by atoms with E-state index in [0.29, 0.717) is 6.61 Å². The van der Waals surface area contributed by atoms with Gasteiger partial charge in [0.15, 0.2) is 5.82 Å². The van der Waals surface area contributed by atoms with E-state index in [1.54, 1.807) is 12.3 Å². The van der Waals surface area contributed by atoms with Crippen molar-refractivity contribution in [2.75, 3.05) is 19.7 Å². The Bertz CT molecular complexity index is 714. The minimum Gasteiger partial charge on any atom is -0.472 e. The van der Waals surface area contributed by atoms with Crippen molar-refractivity contribution in [3.8, 4) is 5.88 Å². The van der Waals surface area contributed by atoms with E-state index in [9.17, 15) is 4.39 Å². The van der Waals surface area contributed by atoms with Crippen molar-refractivity contribution in [2.24, 2.45) is 7.05 Å². The maximum atomic E-state index is 13.7. The lowest BCUT2D eigenvalue weighted by Crippen LogP contribution is -2.65. The molecule has 0 amide bonds. The molecule has 2 aromatic heterocycles. The van der Waals surface area contributed by atoms with Crippen LogP contribution in [0.2, 0.25) is 0 Å². The van der Waals surface area contributed by atoms with Gasteiger partial charge in [0.05, 0.1) is 18.4 Å². The van der Waals surface area contributed by atoms with Crippen molar-refractivity contribution in [1.82, 2.24) is 19.7 Å². The van der Waals surface area contributed by atoms with Gasteiger partial charge in [-0.15, -0.1) is 0 Å². The molecule has 2 aromatic rings. The van der Waals surface area contributed by atoms with E-state index >= 15 is 0 Å². The number of halogens is 1. The normalized spacial score (nSPS) is 23.2. The number of nitrogens with zero attached hydrogens (tertiary/aromatic N) is 4. The van der Waals surface area contributed by atoms with Gasteiger partial charge in [-0.3, -0.25) is 9.58 Å². The molecule has 4 heterocycles. The quantitative estimate of drug-likeness (QED) is 0.854. The first-order valence-electron chi connectivity index (χ1n) is 8.23. The molecule has 0 aliphatic carbocycles. The van der Waals surface area contributed by atoms with Gasteiger partial charge in [0.25, 0.3) is 5.88 Å². The van der Waals surface area contributed by atoms with E-state index < -0.39 is 5.82 Å². The molecule has 2 saturated heterocycles. The topological polar surface area (TPSA) is 52.4 Å². The smallest absolute Gasteiger partial charge is 0.250 e. The Morgan fingerprint density at radius 1 is 1.46 bits per heavy atom. The lowest BCUT2D eigenvalue weighted by atomic mass is 9.84. The first-order chi connectivity index (χ1) is 11.6. The summed E-state index contributed by atoms with van der Waals surface area (Å²) in [7, 11) is 1.92. The largest absolute Gasteiger partial charge is 0.472 e. The second-order valence-electron chi connectivity index (χ2n) is 6.72. The van der Waals surface area contributed by atoms with Crippen molar-refractivity contribution in [2.45, 2.75) is 31.1 Å². The van der Waals surface area contributed by atoms with Crippen molar-refractivity contribution in [1.29, 1.82) is 0 Å². The molecule has 0 radical (unpaired) electrons. The Morgan fingerprint density at radius 3 is 3.08 bits per heavy atom. The Kier molecular flexibility index (Phi) is 3.97. The van der Waals surface area contributed by atoms with Crippen LogP contribution in [-0.4, -0.2) is 51.1 Å². The highest BCUT2D eigenvalue weighted by atomic mass is 19.1. The number of hydrogen-bond donors (Lipinski definition) is 0. The molecule has 24 heavy (non-hydrogen) atoms. The third kappa shape index (κ3) is 3.14. The number of aromatic nitrogens is 3. The lowest BCUT2D eigenvalue weighted by molar-refractivity contribution is -0.188. The van der Waals surface area contributed by atoms with Crippen LogP contribution in [0.3, 0.4) is 0 Å². The molecule has 2 fully saturated rings. The highest BCUT2D eigenvalue weighted by Gasteiger charge is 2.48. The second kappa shape index (κ2) is 6.14. The highest BCUT2D eigenvalue weighted by Crippen LogP contribution is 2.36. The molecule has 1 spiro atoms. The first kappa shape index (κ1) is 15.5. The zero-order chi connectivity index (χ0) is 16.6. The van der Waals surface area contributed by atoms with E-state index in [-0.39, 0.29) is 17.6 Å². The van der Waals surface area contributed by atoms with E-state index in [2.05, 4.69) is 15.0 Å². The predicted molar refractivity (Wildman–Crippen MR) is 85.0 cm³/mol. The van der Waals surface area contributed by atoms with E-state index in [1.807, 2.05) is 24.1 Å². The minimum absolute atomic E-state index is 0.0521. The molecule has 0 N–H and O–H groups in total. The van der Waals surface area contributed by atoms with Gasteiger partial charge in [-0.25, -0.2) is 9.37 Å². The van der Waals surface area contributed by atoms with E-state index in [0.717, 1.165) is 32.5 Å². The maximum Gasteiger partial charge on any atom is 0.250 e. The van der Waals surface area contributed by atoms with Crippen molar-refractivity contribution >= 4 is 0 Å². The van der Waals surface area contributed by atoms with Gasteiger partial charge >= 0.3 is 0 Å². The number of ether oxygens (including phenoxy) is 2. The zero-order valence-electron chi connectivity index (χ0n) is 13.7. The fraction of sp³-hybridized carbons (Fsp3) is 0.529. The van der Waals surface area contributed by atoms with Crippen molar-refractivity contribution in [3.05, 3.63) is 42.1 Å². The first-order valence-corrected chi connectivity index (χ1v) is 8.23. The van der Waals surface area contributed by atoms with E-state index in [1.165, 1.54) is 11.6 Å². The van der Waals surface area contributed by atoms with Crippen molar-refractivity contribution < 1.29 is 13.9 Å². The van der Waals surface area contributed by atoms with Crippen LogP contribution in [0, 0.1) is 5.82 Å². The van der Waals surface area contributed by atoms with Gasteiger partial charge in [0.2, 0.25) is 0 Å². The monoisotopic (exact) mass is 332 g/mol. The van der Waals surface area contributed by atoms with Gasteiger partial charge in [-0.1, -0.05) is 0 Å². The molecule has 0 saturated carbocycles. The molecule has 2 aliphatic heterocycles. The van der Waals surface area contributed by atoms with Gasteiger partial charge in [0, 0.05) is 57.5 Å². The van der Waals surface area contributed by atoms with Gasteiger partial charge in [-0.2, -0.15) is 5.10 Å². The van der Waals surface area contributed by atoms with Crippen LogP contribution in [0.1, 0.15) is 18.4 Å².